The smallest absolute Gasteiger partial charge is 0.294 e. The maximum Gasteiger partial charge on any atom is 0.294 e. The van der Waals surface area contributed by atoms with E-state index in [1.54, 1.807) is 30.3 Å². The number of nitrogens with zero attached hydrogens (tertiary/aromatic N) is 2. The Morgan fingerprint density at radius 1 is 1.21 bits per heavy atom. The number of nitrogens with one attached hydrogen (secondary N) is 1. The number of carbonyl (C=O) groups is 3. The lowest BCUT2D eigenvalue weighted by atomic mass is 9.79. The van der Waals surface area contributed by atoms with Gasteiger partial charge >= 0.3 is 0 Å². The summed E-state index contributed by atoms with van der Waals surface area (Å²) in [5.74, 6) is -0.521. The van der Waals surface area contributed by atoms with Crippen LogP contribution in [0.1, 0.15) is 51.2 Å². The minimum absolute atomic E-state index is 0.0813. The lowest BCUT2D eigenvalue weighted by Gasteiger charge is -2.47. The van der Waals surface area contributed by atoms with E-state index in [0.717, 1.165) is 35.2 Å². The zero-order valence-corrected chi connectivity index (χ0v) is 21.3. The summed E-state index contributed by atoms with van der Waals surface area (Å²) in [6, 6.07) is 12.8. The van der Waals surface area contributed by atoms with E-state index in [-0.39, 0.29) is 12.1 Å². The molecule has 0 aliphatic carbocycles. The van der Waals surface area contributed by atoms with Crippen LogP contribution in [-0.4, -0.2) is 40.6 Å². The van der Waals surface area contributed by atoms with Gasteiger partial charge in [0.05, 0.1) is 4.91 Å². The molecule has 178 valence electrons. The number of amides is 3. The standard InChI is InChI=1S/C26H28ClN3O3S/c1-5-30-21-11-6-17(12-20(21)16(2)14-26(30,3)4)13-22-24(32)29(25(33)34-22)15-23(31)28-19-9-7-18(27)8-10-19/h6-13,16H,5,14-15H2,1-4H3,(H,28,31)/b22-13-. The van der Waals surface area contributed by atoms with Gasteiger partial charge in [0.15, 0.2) is 0 Å². The first-order chi connectivity index (χ1) is 16.1. The molecule has 2 aromatic rings. The van der Waals surface area contributed by atoms with Crippen molar-refractivity contribution in [3.63, 3.8) is 0 Å². The van der Waals surface area contributed by atoms with Crippen LogP contribution in [-0.2, 0) is 9.59 Å². The molecule has 34 heavy (non-hydrogen) atoms. The van der Waals surface area contributed by atoms with E-state index < -0.39 is 17.1 Å². The van der Waals surface area contributed by atoms with Crippen molar-refractivity contribution in [1.82, 2.24) is 4.90 Å². The molecule has 0 aromatic heterocycles. The quantitative estimate of drug-likeness (QED) is 0.503. The Bertz CT molecular complexity index is 1180. The van der Waals surface area contributed by atoms with E-state index >= 15 is 0 Å². The Kier molecular flexibility index (Phi) is 6.78. The predicted molar refractivity (Wildman–Crippen MR) is 139 cm³/mol. The maximum absolute atomic E-state index is 12.9. The van der Waals surface area contributed by atoms with Crippen molar-refractivity contribution in [1.29, 1.82) is 0 Å². The van der Waals surface area contributed by atoms with Gasteiger partial charge in [0.25, 0.3) is 11.1 Å². The van der Waals surface area contributed by atoms with Crippen LogP contribution in [0, 0.1) is 0 Å². The molecule has 2 aromatic carbocycles. The Hall–Kier alpha value is -2.77. The minimum atomic E-state index is -0.455. The van der Waals surface area contributed by atoms with Gasteiger partial charge in [-0.2, -0.15) is 0 Å². The lowest BCUT2D eigenvalue weighted by Crippen LogP contribution is -2.48. The molecule has 3 amide bonds. The van der Waals surface area contributed by atoms with Crippen molar-refractivity contribution in [3.05, 3.63) is 63.5 Å². The van der Waals surface area contributed by atoms with Crippen molar-refractivity contribution >= 4 is 57.9 Å². The fraction of sp³-hybridized carbons (Fsp3) is 0.346. The molecule has 0 bridgehead atoms. The molecule has 0 saturated carbocycles. The largest absolute Gasteiger partial charge is 0.366 e. The van der Waals surface area contributed by atoms with Crippen molar-refractivity contribution in [2.45, 2.75) is 45.6 Å². The first kappa shape index (κ1) is 24.4. The highest BCUT2D eigenvalue weighted by molar-refractivity contribution is 8.18. The predicted octanol–water partition coefficient (Wildman–Crippen LogP) is 6.13. The molecule has 1 saturated heterocycles. The van der Waals surface area contributed by atoms with Crippen LogP contribution >= 0.6 is 23.4 Å². The zero-order chi connectivity index (χ0) is 24.6. The molecule has 2 aliphatic heterocycles. The van der Waals surface area contributed by atoms with E-state index in [0.29, 0.717) is 21.5 Å². The van der Waals surface area contributed by atoms with Gasteiger partial charge in [-0.3, -0.25) is 19.3 Å². The molecule has 1 unspecified atom stereocenters. The van der Waals surface area contributed by atoms with Crippen molar-refractivity contribution < 1.29 is 14.4 Å². The molecule has 1 atom stereocenters. The first-order valence-corrected chi connectivity index (χ1v) is 12.5. The van der Waals surface area contributed by atoms with Crippen molar-refractivity contribution in [2.24, 2.45) is 0 Å². The second-order valence-electron chi connectivity index (χ2n) is 9.30. The number of carbonyl (C=O) groups excluding carboxylic acids is 3. The van der Waals surface area contributed by atoms with E-state index in [1.165, 1.54) is 11.3 Å². The molecule has 0 radical (unpaired) electrons. The zero-order valence-electron chi connectivity index (χ0n) is 19.7. The Morgan fingerprint density at radius 2 is 1.91 bits per heavy atom. The topological polar surface area (TPSA) is 69.7 Å². The number of thioether (sulfide) groups is 1. The summed E-state index contributed by atoms with van der Waals surface area (Å²) in [5, 5.41) is 2.78. The minimum Gasteiger partial charge on any atom is -0.366 e. The van der Waals surface area contributed by atoms with Gasteiger partial charge in [-0.15, -0.1) is 0 Å². The number of hydrogen-bond acceptors (Lipinski definition) is 5. The van der Waals surface area contributed by atoms with Gasteiger partial charge < -0.3 is 10.2 Å². The first-order valence-electron chi connectivity index (χ1n) is 11.3. The fourth-order valence-electron chi connectivity index (χ4n) is 4.86. The number of imide groups is 1. The van der Waals surface area contributed by atoms with E-state index in [1.807, 2.05) is 6.07 Å². The summed E-state index contributed by atoms with van der Waals surface area (Å²) in [7, 11) is 0. The third-order valence-corrected chi connectivity index (χ3v) is 7.49. The summed E-state index contributed by atoms with van der Waals surface area (Å²) in [5.41, 5.74) is 3.96. The second kappa shape index (κ2) is 9.47. The van der Waals surface area contributed by atoms with E-state index in [4.69, 9.17) is 11.6 Å². The van der Waals surface area contributed by atoms with Gasteiger partial charge in [-0.1, -0.05) is 24.6 Å². The van der Waals surface area contributed by atoms with E-state index in [9.17, 15) is 14.4 Å². The highest BCUT2D eigenvalue weighted by Crippen LogP contribution is 2.44. The highest BCUT2D eigenvalue weighted by atomic mass is 35.5. The maximum atomic E-state index is 12.9. The van der Waals surface area contributed by atoms with Gasteiger partial charge in [0.2, 0.25) is 5.91 Å². The number of halogens is 1. The Labute approximate surface area is 209 Å². The number of anilines is 2. The number of hydrogen-bond donors (Lipinski definition) is 1. The molecule has 8 heteroatoms. The molecule has 6 nitrogen and oxygen atoms in total. The summed E-state index contributed by atoms with van der Waals surface area (Å²) in [6.07, 6.45) is 2.78. The average Bonchev–Trinajstić information content (AvgIpc) is 3.02. The normalized spacial score (nSPS) is 20.6. The van der Waals surface area contributed by atoms with Crippen molar-refractivity contribution in [3.8, 4) is 0 Å². The third-order valence-electron chi connectivity index (χ3n) is 6.33. The lowest BCUT2D eigenvalue weighted by molar-refractivity contribution is -0.127. The molecule has 2 heterocycles. The monoisotopic (exact) mass is 497 g/mol. The second-order valence-corrected chi connectivity index (χ2v) is 10.7. The van der Waals surface area contributed by atoms with E-state index in [2.05, 4.69) is 50.0 Å². The van der Waals surface area contributed by atoms with Crippen molar-refractivity contribution in [2.75, 3.05) is 23.3 Å². The van der Waals surface area contributed by atoms with Gasteiger partial charge in [0, 0.05) is 28.5 Å². The van der Waals surface area contributed by atoms with Gasteiger partial charge in [-0.25, -0.2) is 0 Å². The number of rotatable bonds is 5. The molecule has 0 spiro atoms. The van der Waals surface area contributed by atoms with Crippen LogP contribution in [0.4, 0.5) is 16.2 Å². The molecule has 1 N–H and O–H groups in total. The molecular weight excluding hydrogens is 470 g/mol. The highest BCUT2D eigenvalue weighted by Gasteiger charge is 2.37. The number of fused-ring (bicyclic) bond motifs is 1. The third kappa shape index (κ3) is 4.86. The van der Waals surface area contributed by atoms with Crippen LogP contribution in [0.15, 0.2) is 47.4 Å². The fourth-order valence-corrected chi connectivity index (χ4v) is 5.83. The van der Waals surface area contributed by atoms with Crippen LogP contribution in [0.2, 0.25) is 5.02 Å². The van der Waals surface area contributed by atoms with Gasteiger partial charge in [0.1, 0.15) is 6.54 Å². The number of benzene rings is 2. The van der Waals surface area contributed by atoms with Crippen LogP contribution in [0.25, 0.3) is 6.08 Å². The summed E-state index contributed by atoms with van der Waals surface area (Å²) >= 11 is 6.72. The Morgan fingerprint density at radius 3 is 2.59 bits per heavy atom. The Balaban J connectivity index is 1.50. The van der Waals surface area contributed by atoms with Crippen LogP contribution in [0.5, 0.6) is 0 Å². The van der Waals surface area contributed by atoms with Crippen LogP contribution in [0.3, 0.4) is 0 Å². The molecule has 2 aliphatic rings. The SMILES string of the molecule is CCN1c2ccc(/C=C3\SC(=O)N(CC(=O)Nc4ccc(Cl)cc4)C3=O)cc2C(C)CC1(C)C. The van der Waals surface area contributed by atoms with Gasteiger partial charge in [-0.05, 0) is 98.5 Å². The van der Waals surface area contributed by atoms with Crippen LogP contribution < -0.4 is 10.2 Å². The summed E-state index contributed by atoms with van der Waals surface area (Å²) in [4.78, 5) is 41.5. The molecular formula is C26H28ClN3O3S. The average molecular weight is 498 g/mol. The summed E-state index contributed by atoms with van der Waals surface area (Å²) in [6.45, 7) is 9.50. The molecule has 4 rings (SSSR count). The summed E-state index contributed by atoms with van der Waals surface area (Å²) < 4.78 is 0. The molecule has 1 fully saturated rings.